The van der Waals surface area contributed by atoms with E-state index in [4.69, 9.17) is 0 Å². The second-order valence-corrected chi connectivity index (χ2v) is 4.47. The first kappa shape index (κ1) is 8.41. The van der Waals surface area contributed by atoms with Crippen LogP contribution in [0.15, 0.2) is 0 Å². The molecule has 1 nitrogen and oxygen atoms in total. The van der Waals surface area contributed by atoms with Crippen molar-refractivity contribution >= 4 is 11.8 Å². The Balaban J connectivity index is 2.11. The summed E-state index contributed by atoms with van der Waals surface area (Å²) in [6.45, 7) is 2.26. The molecule has 1 heterocycles. The molecular formula is C8H17NS. The molecular weight excluding hydrogens is 142 g/mol. The first-order chi connectivity index (χ1) is 4.83. The molecule has 0 aromatic heterocycles. The lowest BCUT2D eigenvalue weighted by atomic mass is 10.1. The molecule has 1 fully saturated rings. The highest BCUT2D eigenvalue weighted by Gasteiger charge is 2.16. The van der Waals surface area contributed by atoms with Crippen LogP contribution in [0.2, 0.25) is 0 Å². The third-order valence-corrected chi connectivity index (χ3v) is 3.56. The summed E-state index contributed by atoms with van der Waals surface area (Å²) in [6, 6.07) is 0.704. The van der Waals surface area contributed by atoms with Crippen LogP contribution in [0.5, 0.6) is 0 Å². The number of thioether (sulfide) groups is 1. The van der Waals surface area contributed by atoms with Gasteiger partial charge in [0.1, 0.15) is 0 Å². The van der Waals surface area contributed by atoms with E-state index >= 15 is 0 Å². The van der Waals surface area contributed by atoms with E-state index in [1.54, 1.807) is 0 Å². The maximum Gasteiger partial charge on any atom is 0.00620 e. The van der Waals surface area contributed by atoms with Crippen LogP contribution in [0.3, 0.4) is 0 Å². The zero-order chi connectivity index (χ0) is 7.40. The molecule has 60 valence electrons. The fourth-order valence-corrected chi connectivity index (χ4v) is 2.77. The standard InChI is InChI=1S/C8H17NS/c1-7(9-2)6-8-4-3-5-10-8/h7-9H,3-6H2,1-2H3. The molecule has 1 aliphatic heterocycles. The summed E-state index contributed by atoms with van der Waals surface area (Å²) >= 11 is 2.15. The van der Waals surface area contributed by atoms with Crippen molar-refractivity contribution in [1.29, 1.82) is 0 Å². The van der Waals surface area contributed by atoms with E-state index in [9.17, 15) is 0 Å². The quantitative estimate of drug-likeness (QED) is 0.675. The van der Waals surface area contributed by atoms with Crippen molar-refractivity contribution in [1.82, 2.24) is 5.32 Å². The highest BCUT2D eigenvalue weighted by molar-refractivity contribution is 8.00. The van der Waals surface area contributed by atoms with E-state index < -0.39 is 0 Å². The van der Waals surface area contributed by atoms with Crippen LogP contribution < -0.4 is 5.32 Å². The summed E-state index contributed by atoms with van der Waals surface area (Å²) in [4.78, 5) is 0. The van der Waals surface area contributed by atoms with E-state index in [-0.39, 0.29) is 0 Å². The van der Waals surface area contributed by atoms with E-state index in [0.717, 1.165) is 5.25 Å². The third kappa shape index (κ3) is 2.51. The predicted octanol–water partition coefficient (Wildman–Crippen LogP) is 1.88. The minimum absolute atomic E-state index is 0.704. The normalized spacial score (nSPS) is 28.8. The second-order valence-electron chi connectivity index (χ2n) is 3.06. The van der Waals surface area contributed by atoms with Gasteiger partial charge in [-0.1, -0.05) is 0 Å². The third-order valence-electron chi connectivity index (χ3n) is 2.13. The molecule has 1 aliphatic rings. The van der Waals surface area contributed by atoms with Crippen LogP contribution in [-0.4, -0.2) is 24.1 Å². The Morgan fingerprint density at radius 3 is 3.00 bits per heavy atom. The van der Waals surface area contributed by atoms with Gasteiger partial charge in [0.25, 0.3) is 0 Å². The maximum atomic E-state index is 3.28. The van der Waals surface area contributed by atoms with E-state index in [0.29, 0.717) is 6.04 Å². The lowest BCUT2D eigenvalue weighted by Crippen LogP contribution is -2.24. The van der Waals surface area contributed by atoms with Gasteiger partial charge in [-0.25, -0.2) is 0 Å². The first-order valence-corrected chi connectivity index (χ1v) is 5.16. The Kier molecular flexibility index (Phi) is 3.57. The number of hydrogen-bond acceptors (Lipinski definition) is 2. The fraction of sp³-hybridized carbons (Fsp3) is 1.00. The summed E-state index contributed by atoms with van der Waals surface area (Å²) < 4.78 is 0. The van der Waals surface area contributed by atoms with Gasteiger partial charge in [-0.15, -0.1) is 0 Å². The molecule has 2 atom stereocenters. The maximum absolute atomic E-state index is 3.28. The molecule has 0 spiro atoms. The van der Waals surface area contributed by atoms with E-state index in [2.05, 4.69) is 24.0 Å². The van der Waals surface area contributed by atoms with Crippen LogP contribution in [0.1, 0.15) is 26.2 Å². The van der Waals surface area contributed by atoms with Gasteiger partial charge in [0.05, 0.1) is 0 Å². The Bertz CT molecular complexity index is 89.3. The number of rotatable bonds is 3. The van der Waals surface area contributed by atoms with Crippen molar-refractivity contribution in [2.45, 2.75) is 37.5 Å². The highest BCUT2D eigenvalue weighted by atomic mass is 32.2. The molecule has 1 N–H and O–H groups in total. The van der Waals surface area contributed by atoms with Crippen LogP contribution in [-0.2, 0) is 0 Å². The molecule has 0 radical (unpaired) electrons. The lowest BCUT2D eigenvalue weighted by Gasteiger charge is -2.14. The largest absolute Gasteiger partial charge is 0.317 e. The Hall–Kier alpha value is 0.310. The number of nitrogens with one attached hydrogen (secondary N) is 1. The van der Waals surface area contributed by atoms with Gasteiger partial charge in [-0.2, -0.15) is 11.8 Å². The summed E-state index contributed by atoms with van der Waals surface area (Å²) in [5, 5.41) is 4.23. The molecule has 0 bridgehead atoms. The second kappa shape index (κ2) is 4.24. The molecule has 2 unspecified atom stereocenters. The summed E-state index contributed by atoms with van der Waals surface area (Å²) in [6.07, 6.45) is 4.23. The molecule has 0 saturated carbocycles. The molecule has 0 aromatic rings. The molecule has 1 saturated heterocycles. The fourth-order valence-electron chi connectivity index (χ4n) is 1.34. The first-order valence-electron chi connectivity index (χ1n) is 4.12. The van der Waals surface area contributed by atoms with Crippen LogP contribution in [0.25, 0.3) is 0 Å². The number of hydrogen-bond donors (Lipinski definition) is 1. The topological polar surface area (TPSA) is 12.0 Å². The molecule has 10 heavy (non-hydrogen) atoms. The zero-order valence-corrected chi connectivity index (χ0v) is 7.71. The average Bonchev–Trinajstić information content (AvgIpc) is 2.40. The lowest BCUT2D eigenvalue weighted by molar-refractivity contribution is 0.544. The van der Waals surface area contributed by atoms with Gasteiger partial charge < -0.3 is 5.32 Å². The smallest absolute Gasteiger partial charge is 0.00620 e. The summed E-state index contributed by atoms with van der Waals surface area (Å²) in [5.74, 6) is 1.39. The minimum atomic E-state index is 0.704. The van der Waals surface area contributed by atoms with Crippen LogP contribution >= 0.6 is 11.8 Å². The van der Waals surface area contributed by atoms with Gasteiger partial charge >= 0.3 is 0 Å². The van der Waals surface area contributed by atoms with E-state index in [1.807, 2.05) is 7.05 Å². The van der Waals surface area contributed by atoms with Crippen molar-refractivity contribution in [3.05, 3.63) is 0 Å². The SMILES string of the molecule is CNC(C)CC1CCCS1. The molecule has 1 rings (SSSR count). The van der Waals surface area contributed by atoms with Gasteiger partial charge in [0.2, 0.25) is 0 Å². The van der Waals surface area contributed by atoms with E-state index in [1.165, 1.54) is 25.0 Å². The van der Waals surface area contributed by atoms with Crippen molar-refractivity contribution in [2.24, 2.45) is 0 Å². The summed E-state index contributed by atoms with van der Waals surface area (Å²) in [5.41, 5.74) is 0. The predicted molar refractivity (Wildman–Crippen MR) is 48.6 cm³/mol. The van der Waals surface area contributed by atoms with Crippen LogP contribution in [0, 0.1) is 0 Å². The minimum Gasteiger partial charge on any atom is -0.317 e. The Morgan fingerprint density at radius 1 is 1.70 bits per heavy atom. The van der Waals surface area contributed by atoms with Gasteiger partial charge in [0.15, 0.2) is 0 Å². The van der Waals surface area contributed by atoms with Crippen molar-refractivity contribution < 1.29 is 0 Å². The van der Waals surface area contributed by atoms with Gasteiger partial charge in [0, 0.05) is 11.3 Å². The van der Waals surface area contributed by atoms with Crippen LogP contribution in [0.4, 0.5) is 0 Å². The molecule has 0 amide bonds. The summed E-state index contributed by atoms with van der Waals surface area (Å²) in [7, 11) is 2.05. The molecule has 0 aliphatic carbocycles. The van der Waals surface area contributed by atoms with Crippen molar-refractivity contribution in [2.75, 3.05) is 12.8 Å². The Labute approximate surface area is 68.0 Å². The average molecular weight is 159 g/mol. The zero-order valence-electron chi connectivity index (χ0n) is 6.89. The Morgan fingerprint density at radius 2 is 2.50 bits per heavy atom. The molecule has 2 heteroatoms. The monoisotopic (exact) mass is 159 g/mol. The van der Waals surface area contributed by atoms with Crippen molar-refractivity contribution in [3.63, 3.8) is 0 Å². The highest BCUT2D eigenvalue weighted by Crippen LogP contribution is 2.29. The molecule has 0 aromatic carbocycles. The van der Waals surface area contributed by atoms with Crippen molar-refractivity contribution in [3.8, 4) is 0 Å². The van der Waals surface area contributed by atoms with Gasteiger partial charge in [-0.05, 0) is 39.0 Å². The van der Waals surface area contributed by atoms with Gasteiger partial charge in [-0.3, -0.25) is 0 Å².